The Labute approximate surface area is 205 Å². The Morgan fingerprint density at radius 1 is 1.00 bits per heavy atom. The second kappa shape index (κ2) is 10.2. The predicted octanol–water partition coefficient (Wildman–Crippen LogP) is 3.90. The molecule has 0 bridgehead atoms. The Kier molecular flexibility index (Phi) is 6.87. The third kappa shape index (κ3) is 4.69. The van der Waals surface area contributed by atoms with Gasteiger partial charge in [0.2, 0.25) is 0 Å². The summed E-state index contributed by atoms with van der Waals surface area (Å²) in [6.45, 7) is 1.30. The Hall–Kier alpha value is -2.85. The van der Waals surface area contributed by atoms with Crippen LogP contribution in [0.4, 0.5) is 5.82 Å². The molecule has 176 valence electrons. The predicted molar refractivity (Wildman–Crippen MR) is 132 cm³/mol. The lowest BCUT2D eigenvalue weighted by Crippen LogP contribution is -2.31. The van der Waals surface area contributed by atoms with E-state index in [2.05, 4.69) is 30.9 Å². The minimum Gasteiger partial charge on any atom is -0.390 e. The molecule has 0 saturated heterocycles. The molecule has 2 aromatic carbocycles. The van der Waals surface area contributed by atoms with Crippen molar-refractivity contribution in [2.24, 2.45) is 5.92 Å². The molecular weight excluding hydrogens is 498 g/mol. The average Bonchev–Trinajstić information content (AvgIpc) is 3.35. The molecule has 2 heterocycles. The fourth-order valence-electron chi connectivity index (χ4n) is 4.57. The molecule has 0 aliphatic heterocycles. The second-order valence-corrected chi connectivity index (χ2v) is 9.18. The van der Waals surface area contributed by atoms with Crippen molar-refractivity contribution in [2.45, 2.75) is 37.9 Å². The number of nitrogen functional groups attached to an aromatic ring is 1. The van der Waals surface area contributed by atoms with E-state index < -0.39 is 6.10 Å². The first-order valence-electron chi connectivity index (χ1n) is 11.2. The zero-order valence-electron chi connectivity index (χ0n) is 18.5. The molecule has 1 aliphatic rings. The van der Waals surface area contributed by atoms with Crippen molar-refractivity contribution < 1.29 is 14.6 Å². The Balaban J connectivity index is 1.38. The van der Waals surface area contributed by atoms with Crippen LogP contribution in [0.5, 0.6) is 0 Å². The molecule has 2 aromatic heterocycles. The number of hydrogen-bond acceptors (Lipinski definition) is 7. The molecular formula is C25H26BrN5O3. The van der Waals surface area contributed by atoms with Gasteiger partial charge in [-0.2, -0.15) is 0 Å². The summed E-state index contributed by atoms with van der Waals surface area (Å²) in [6.07, 6.45) is 1.07. The van der Waals surface area contributed by atoms with Crippen molar-refractivity contribution in [2.75, 3.05) is 12.3 Å². The van der Waals surface area contributed by atoms with Crippen LogP contribution >= 0.6 is 15.9 Å². The molecule has 34 heavy (non-hydrogen) atoms. The summed E-state index contributed by atoms with van der Waals surface area (Å²) < 4.78 is 14.8. The van der Waals surface area contributed by atoms with Gasteiger partial charge in [0.1, 0.15) is 6.33 Å². The summed E-state index contributed by atoms with van der Waals surface area (Å²) in [5.41, 5.74) is 9.26. The van der Waals surface area contributed by atoms with Crippen LogP contribution in [0.25, 0.3) is 11.2 Å². The maximum Gasteiger partial charge on any atom is 0.179 e. The first kappa shape index (κ1) is 22.9. The molecule has 1 fully saturated rings. The normalized spacial score (nSPS) is 22.4. The highest BCUT2D eigenvalue weighted by Crippen LogP contribution is 2.41. The summed E-state index contributed by atoms with van der Waals surface area (Å²) in [7, 11) is 0. The van der Waals surface area contributed by atoms with E-state index in [1.165, 1.54) is 6.33 Å². The van der Waals surface area contributed by atoms with E-state index in [1.54, 1.807) is 0 Å². The van der Waals surface area contributed by atoms with Gasteiger partial charge in [-0.15, -0.1) is 0 Å². The molecule has 0 unspecified atom stereocenters. The fourth-order valence-corrected chi connectivity index (χ4v) is 5.18. The lowest BCUT2D eigenvalue weighted by molar-refractivity contribution is -0.0475. The number of fused-ring (bicyclic) bond motifs is 1. The number of imidazole rings is 1. The highest BCUT2D eigenvalue weighted by Gasteiger charge is 2.45. The van der Waals surface area contributed by atoms with E-state index in [0.29, 0.717) is 48.0 Å². The number of ether oxygens (including phenoxy) is 2. The number of benzene rings is 2. The average molecular weight is 524 g/mol. The molecule has 5 rings (SSSR count). The van der Waals surface area contributed by atoms with E-state index in [-0.39, 0.29) is 18.1 Å². The van der Waals surface area contributed by atoms with Gasteiger partial charge < -0.3 is 20.3 Å². The molecule has 3 N–H and O–H groups in total. The number of rotatable bonds is 8. The molecule has 0 radical (unpaired) electrons. The number of nitrogens with two attached hydrogens (primary N) is 1. The van der Waals surface area contributed by atoms with Gasteiger partial charge in [0.25, 0.3) is 0 Å². The highest BCUT2D eigenvalue weighted by molar-refractivity contribution is 9.10. The number of aliphatic hydroxyl groups is 1. The van der Waals surface area contributed by atoms with Gasteiger partial charge in [0.15, 0.2) is 21.7 Å². The zero-order valence-corrected chi connectivity index (χ0v) is 20.1. The lowest BCUT2D eigenvalue weighted by Gasteiger charge is -2.23. The largest absolute Gasteiger partial charge is 0.390 e. The van der Waals surface area contributed by atoms with E-state index in [4.69, 9.17) is 15.2 Å². The third-order valence-corrected chi connectivity index (χ3v) is 6.87. The third-order valence-electron chi connectivity index (χ3n) is 6.31. The minimum atomic E-state index is -0.721. The van der Waals surface area contributed by atoms with Gasteiger partial charge in [-0.3, -0.25) is 4.57 Å². The molecule has 1 aliphatic carbocycles. The molecule has 9 heteroatoms. The zero-order chi connectivity index (χ0) is 23.5. The molecule has 4 atom stereocenters. The molecule has 0 amide bonds. The van der Waals surface area contributed by atoms with Crippen molar-refractivity contribution in [3.8, 4) is 0 Å². The number of halogens is 1. The van der Waals surface area contributed by atoms with Gasteiger partial charge in [-0.25, -0.2) is 15.0 Å². The molecule has 0 spiro atoms. The van der Waals surface area contributed by atoms with Crippen LogP contribution in [0.2, 0.25) is 0 Å². The van der Waals surface area contributed by atoms with E-state index >= 15 is 0 Å². The van der Waals surface area contributed by atoms with Crippen LogP contribution in [-0.2, 0) is 22.7 Å². The summed E-state index contributed by atoms with van der Waals surface area (Å²) >= 11 is 3.53. The summed E-state index contributed by atoms with van der Waals surface area (Å²) in [5, 5.41) is 11.4. The topological polar surface area (TPSA) is 108 Å². The number of anilines is 1. The van der Waals surface area contributed by atoms with Crippen molar-refractivity contribution in [1.29, 1.82) is 0 Å². The second-order valence-electron chi connectivity index (χ2n) is 8.48. The highest BCUT2D eigenvalue weighted by atomic mass is 79.9. The summed E-state index contributed by atoms with van der Waals surface area (Å²) in [5.74, 6) is 0.0810. The van der Waals surface area contributed by atoms with Crippen LogP contribution in [0, 0.1) is 5.92 Å². The molecule has 4 aromatic rings. The number of hydrogen-bond donors (Lipinski definition) is 2. The maximum atomic E-state index is 11.4. The number of nitrogens with zero attached hydrogens (tertiary/aromatic N) is 4. The summed E-state index contributed by atoms with van der Waals surface area (Å²) in [6, 6.07) is 19.7. The Bertz CT molecular complexity index is 1240. The van der Waals surface area contributed by atoms with Crippen molar-refractivity contribution in [3.05, 3.63) is 82.9 Å². The van der Waals surface area contributed by atoms with Crippen LogP contribution in [0.15, 0.2) is 71.7 Å². The van der Waals surface area contributed by atoms with E-state index in [1.807, 2.05) is 65.2 Å². The first-order chi connectivity index (χ1) is 16.6. The SMILES string of the molecule is Nc1ncnc2c1nc(Br)n2[C@H]1C[C@H](OCc2ccccc2)[C@@H](COCc2ccccc2)[C@@H]1O. The minimum absolute atomic E-state index is 0.209. The van der Waals surface area contributed by atoms with Crippen molar-refractivity contribution in [1.82, 2.24) is 19.5 Å². The molecule has 1 saturated carbocycles. The standard InChI is InChI=1S/C25H26BrN5O3/c26-25-30-21-23(27)28-15-29-24(21)31(25)19-11-20(34-13-17-9-5-2-6-10-17)18(22(19)32)14-33-12-16-7-3-1-4-8-16/h1-10,15,18-20,22,32H,11-14H2,(H2,27,28,29)/t18-,19+,20+,22+/m1/s1. The van der Waals surface area contributed by atoms with Crippen LogP contribution in [0.1, 0.15) is 23.6 Å². The van der Waals surface area contributed by atoms with Crippen molar-refractivity contribution >= 4 is 32.9 Å². The summed E-state index contributed by atoms with van der Waals surface area (Å²) in [4.78, 5) is 12.9. The monoisotopic (exact) mass is 523 g/mol. The van der Waals surface area contributed by atoms with Gasteiger partial charge in [-0.1, -0.05) is 60.7 Å². The van der Waals surface area contributed by atoms with Crippen LogP contribution in [0.3, 0.4) is 0 Å². The van der Waals surface area contributed by atoms with E-state index in [9.17, 15) is 5.11 Å². The van der Waals surface area contributed by atoms with Crippen LogP contribution in [-0.4, -0.2) is 43.4 Å². The van der Waals surface area contributed by atoms with E-state index in [0.717, 1.165) is 11.1 Å². The maximum absolute atomic E-state index is 11.4. The molecule has 8 nitrogen and oxygen atoms in total. The quantitative estimate of drug-likeness (QED) is 0.337. The smallest absolute Gasteiger partial charge is 0.179 e. The lowest BCUT2D eigenvalue weighted by atomic mass is 10.0. The van der Waals surface area contributed by atoms with Gasteiger partial charge >= 0.3 is 0 Å². The first-order valence-corrected chi connectivity index (χ1v) is 12.0. The Morgan fingerprint density at radius 3 is 2.38 bits per heavy atom. The van der Waals surface area contributed by atoms with Gasteiger partial charge in [0.05, 0.1) is 38.1 Å². The van der Waals surface area contributed by atoms with Crippen molar-refractivity contribution in [3.63, 3.8) is 0 Å². The van der Waals surface area contributed by atoms with Gasteiger partial charge in [0, 0.05) is 5.92 Å². The van der Waals surface area contributed by atoms with Crippen LogP contribution < -0.4 is 5.73 Å². The Morgan fingerprint density at radius 2 is 1.68 bits per heavy atom. The fraction of sp³-hybridized carbons (Fsp3) is 0.320. The van der Waals surface area contributed by atoms with Gasteiger partial charge in [-0.05, 0) is 33.5 Å². The number of aliphatic hydroxyl groups excluding tert-OH is 1. The number of aromatic nitrogens is 4.